The van der Waals surface area contributed by atoms with Crippen LogP contribution in [0.25, 0.3) is 16.7 Å². The van der Waals surface area contributed by atoms with Gasteiger partial charge in [0.15, 0.2) is 4.77 Å². The number of imidazole rings is 1. The molecule has 2 aromatic carbocycles. The summed E-state index contributed by atoms with van der Waals surface area (Å²) in [5.74, 6) is -1.77. The van der Waals surface area contributed by atoms with E-state index in [0.717, 1.165) is 12.1 Å². The van der Waals surface area contributed by atoms with Gasteiger partial charge in [-0.3, -0.25) is 4.57 Å². The maximum absolute atomic E-state index is 13.9. The van der Waals surface area contributed by atoms with Crippen LogP contribution in [0.3, 0.4) is 0 Å². The molecule has 3 rings (SSSR count). The second kappa shape index (κ2) is 4.49. The molecule has 0 saturated heterocycles. The van der Waals surface area contributed by atoms with Crippen molar-refractivity contribution in [1.29, 1.82) is 0 Å². The Morgan fingerprint density at radius 3 is 2.50 bits per heavy atom. The van der Waals surface area contributed by atoms with Crippen LogP contribution in [0.1, 0.15) is 5.56 Å². The number of rotatable bonds is 1. The number of H-pyrrole nitrogens is 1. The van der Waals surface area contributed by atoms with Crippen LogP contribution in [0.15, 0.2) is 30.3 Å². The Morgan fingerprint density at radius 1 is 1.05 bits per heavy atom. The summed E-state index contributed by atoms with van der Waals surface area (Å²) in [6.45, 7) is 1.61. The smallest absolute Gasteiger partial charge is 0.182 e. The molecule has 0 amide bonds. The van der Waals surface area contributed by atoms with Crippen LogP contribution in [0.2, 0.25) is 0 Å². The van der Waals surface area contributed by atoms with Crippen LogP contribution in [0, 0.1) is 29.1 Å². The van der Waals surface area contributed by atoms with Gasteiger partial charge in [-0.05, 0) is 49.0 Å². The SMILES string of the molecule is Cc1cc2c(cc1F)[nH]c(=S)n2-c1ccc(F)cc1F. The third-order valence-electron chi connectivity index (χ3n) is 3.11. The fraction of sp³-hybridized carbons (Fsp3) is 0.0714. The number of halogens is 3. The molecule has 0 atom stereocenters. The van der Waals surface area contributed by atoms with E-state index < -0.39 is 11.6 Å². The highest BCUT2D eigenvalue weighted by atomic mass is 32.1. The molecule has 0 spiro atoms. The van der Waals surface area contributed by atoms with Gasteiger partial charge < -0.3 is 4.98 Å². The Bertz CT molecular complexity index is 880. The lowest BCUT2D eigenvalue weighted by molar-refractivity contribution is 0.578. The van der Waals surface area contributed by atoms with E-state index in [1.54, 1.807) is 13.0 Å². The van der Waals surface area contributed by atoms with E-state index >= 15 is 0 Å². The first-order valence-corrected chi connectivity index (χ1v) is 6.24. The monoisotopic (exact) mass is 294 g/mol. The first-order chi connectivity index (χ1) is 9.47. The molecule has 3 aromatic rings. The Balaban J connectivity index is 2.39. The van der Waals surface area contributed by atoms with Crippen molar-refractivity contribution in [2.75, 3.05) is 0 Å². The minimum absolute atomic E-state index is 0.119. The van der Waals surface area contributed by atoms with Crippen molar-refractivity contribution < 1.29 is 13.2 Å². The van der Waals surface area contributed by atoms with Crippen LogP contribution in [0.4, 0.5) is 13.2 Å². The van der Waals surface area contributed by atoms with Gasteiger partial charge in [-0.1, -0.05) is 0 Å². The molecule has 0 aliphatic heterocycles. The summed E-state index contributed by atoms with van der Waals surface area (Å²) in [4.78, 5) is 2.81. The first kappa shape index (κ1) is 12.9. The molecular formula is C14H9F3N2S. The van der Waals surface area contributed by atoms with E-state index in [4.69, 9.17) is 12.2 Å². The maximum atomic E-state index is 13.9. The van der Waals surface area contributed by atoms with Crippen LogP contribution in [-0.2, 0) is 0 Å². The fourth-order valence-corrected chi connectivity index (χ4v) is 2.44. The van der Waals surface area contributed by atoms with Gasteiger partial charge in [0.1, 0.15) is 17.5 Å². The summed E-state index contributed by atoms with van der Waals surface area (Å²) in [7, 11) is 0. The van der Waals surface area contributed by atoms with E-state index in [1.807, 2.05) is 0 Å². The third kappa shape index (κ3) is 1.92. The molecule has 1 heterocycles. The first-order valence-electron chi connectivity index (χ1n) is 5.83. The molecule has 2 nitrogen and oxygen atoms in total. The summed E-state index contributed by atoms with van der Waals surface area (Å²) in [5.41, 5.74) is 1.54. The Hall–Kier alpha value is -2.08. The highest BCUT2D eigenvalue weighted by Crippen LogP contribution is 2.24. The predicted molar refractivity (Wildman–Crippen MR) is 73.1 cm³/mol. The number of fused-ring (bicyclic) bond motifs is 1. The lowest BCUT2D eigenvalue weighted by atomic mass is 10.2. The second-order valence-corrected chi connectivity index (χ2v) is 4.87. The Kier molecular flexibility index (Phi) is 2.90. The molecular weight excluding hydrogens is 285 g/mol. The highest BCUT2D eigenvalue weighted by Gasteiger charge is 2.13. The summed E-state index contributed by atoms with van der Waals surface area (Å²) < 4.78 is 42.1. The van der Waals surface area contributed by atoms with Crippen LogP contribution in [0.5, 0.6) is 0 Å². The maximum Gasteiger partial charge on any atom is 0.182 e. The summed E-state index contributed by atoms with van der Waals surface area (Å²) in [6.07, 6.45) is 0. The van der Waals surface area contributed by atoms with E-state index in [-0.39, 0.29) is 16.3 Å². The number of hydrogen-bond acceptors (Lipinski definition) is 1. The third-order valence-corrected chi connectivity index (χ3v) is 3.40. The fourth-order valence-electron chi connectivity index (χ4n) is 2.13. The number of aromatic nitrogens is 2. The highest BCUT2D eigenvalue weighted by molar-refractivity contribution is 7.71. The van der Waals surface area contributed by atoms with Crippen molar-refractivity contribution in [2.24, 2.45) is 0 Å². The van der Waals surface area contributed by atoms with Crippen LogP contribution < -0.4 is 0 Å². The minimum atomic E-state index is -0.732. The normalized spacial score (nSPS) is 11.2. The Labute approximate surface area is 117 Å². The number of hydrogen-bond donors (Lipinski definition) is 1. The van der Waals surface area contributed by atoms with Crippen molar-refractivity contribution in [2.45, 2.75) is 6.92 Å². The molecule has 0 aliphatic rings. The molecule has 20 heavy (non-hydrogen) atoms. The van der Waals surface area contributed by atoms with E-state index in [1.165, 1.54) is 16.7 Å². The molecule has 1 aromatic heterocycles. The second-order valence-electron chi connectivity index (χ2n) is 4.48. The van der Waals surface area contributed by atoms with E-state index in [0.29, 0.717) is 16.6 Å². The zero-order valence-electron chi connectivity index (χ0n) is 10.4. The number of benzene rings is 2. The average Bonchev–Trinajstić information content (AvgIpc) is 2.66. The van der Waals surface area contributed by atoms with Gasteiger partial charge in [-0.2, -0.15) is 0 Å². The molecule has 0 unspecified atom stereocenters. The van der Waals surface area contributed by atoms with Crippen molar-refractivity contribution in [3.05, 3.63) is 58.1 Å². The summed E-state index contributed by atoms with van der Waals surface area (Å²) >= 11 is 5.14. The minimum Gasteiger partial charge on any atom is -0.330 e. The average molecular weight is 294 g/mol. The van der Waals surface area contributed by atoms with E-state index in [9.17, 15) is 13.2 Å². The largest absolute Gasteiger partial charge is 0.330 e. The van der Waals surface area contributed by atoms with Gasteiger partial charge in [0.2, 0.25) is 0 Å². The molecule has 6 heteroatoms. The van der Waals surface area contributed by atoms with E-state index in [2.05, 4.69) is 4.98 Å². The molecule has 1 N–H and O–H groups in total. The number of nitrogens with zero attached hydrogens (tertiary/aromatic N) is 1. The molecule has 0 fully saturated rings. The van der Waals surface area contributed by atoms with Crippen molar-refractivity contribution in [3.8, 4) is 5.69 Å². The molecule has 0 aliphatic carbocycles. The number of aromatic amines is 1. The molecule has 0 bridgehead atoms. The van der Waals surface area contributed by atoms with Gasteiger partial charge in [0, 0.05) is 6.07 Å². The Morgan fingerprint density at radius 2 is 1.80 bits per heavy atom. The predicted octanol–water partition coefficient (Wildman–Crippen LogP) is 4.41. The lowest BCUT2D eigenvalue weighted by Gasteiger charge is -2.07. The summed E-state index contributed by atoms with van der Waals surface area (Å²) in [6, 6.07) is 6.10. The number of nitrogens with one attached hydrogen (secondary N) is 1. The van der Waals surface area contributed by atoms with Gasteiger partial charge in [-0.25, -0.2) is 13.2 Å². The van der Waals surface area contributed by atoms with Gasteiger partial charge in [-0.15, -0.1) is 0 Å². The van der Waals surface area contributed by atoms with Gasteiger partial charge in [0.25, 0.3) is 0 Å². The standard InChI is InChI=1S/C14H9F3N2S/c1-7-4-13-11(6-9(7)16)18-14(20)19(13)12-3-2-8(15)5-10(12)17/h2-6H,1H3,(H,18,20). The van der Waals surface area contributed by atoms with Crippen LogP contribution in [-0.4, -0.2) is 9.55 Å². The van der Waals surface area contributed by atoms with Crippen molar-refractivity contribution in [1.82, 2.24) is 9.55 Å². The summed E-state index contributed by atoms with van der Waals surface area (Å²) in [5, 5.41) is 0. The molecule has 0 radical (unpaired) electrons. The topological polar surface area (TPSA) is 20.7 Å². The number of aryl methyl sites for hydroxylation is 1. The quantitative estimate of drug-likeness (QED) is 0.659. The van der Waals surface area contributed by atoms with Gasteiger partial charge >= 0.3 is 0 Å². The zero-order chi connectivity index (χ0) is 14.4. The van der Waals surface area contributed by atoms with Gasteiger partial charge in [0.05, 0.1) is 16.7 Å². The van der Waals surface area contributed by atoms with Crippen molar-refractivity contribution in [3.63, 3.8) is 0 Å². The molecule has 102 valence electrons. The van der Waals surface area contributed by atoms with Crippen LogP contribution >= 0.6 is 12.2 Å². The lowest BCUT2D eigenvalue weighted by Crippen LogP contribution is -1.98. The zero-order valence-corrected chi connectivity index (χ0v) is 11.2. The van der Waals surface area contributed by atoms with Crippen molar-refractivity contribution >= 4 is 23.3 Å². The molecule has 0 saturated carbocycles.